The van der Waals surface area contributed by atoms with Crippen LogP contribution in [0.4, 0.5) is 0 Å². The molecule has 0 aliphatic heterocycles. The average molecular weight is 155 g/mol. The Bertz CT molecular complexity index is 32.0. The molecule has 0 bridgehead atoms. The Morgan fingerprint density at radius 1 is 1.67 bits per heavy atom. The molecule has 0 aromatic heterocycles. The van der Waals surface area contributed by atoms with E-state index in [0.717, 1.165) is 0 Å². The highest BCUT2D eigenvalue weighted by atomic mass is 79.9. The van der Waals surface area contributed by atoms with Crippen LogP contribution in [0.2, 0.25) is 0 Å². The average Bonchev–Trinajstić information content (AvgIpc) is 1.35. The highest BCUT2D eigenvalue weighted by Crippen LogP contribution is 1.80. The number of hydrogen-bond donors (Lipinski definition) is 2. The molecule has 36 valence electrons. The normalized spacial score (nSPS) is 8.50. The maximum atomic E-state index is 7.86. The molecular formula is CH4BBrO3. The minimum absolute atomic E-state index is 0.144. The van der Waals surface area contributed by atoms with E-state index in [-0.39, 0.29) is 5.52 Å². The lowest BCUT2D eigenvalue weighted by atomic mass is 10.3. The fraction of sp³-hybridized carbons (Fsp3) is 1.00. The lowest BCUT2D eigenvalue weighted by molar-refractivity contribution is 0.222. The van der Waals surface area contributed by atoms with E-state index in [2.05, 4.69) is 20.6 Å². The second-order valence-corrected chi connectivity index (χ2v) is 1.06. The summed E-state index contributed by atoms with van der Waals surface area (Å²) < 4.78 is 4.07. The van der Waals surface area contributed by atoms with Crippen LogP contribution in [0, 0.1) is 0 Å². The van der Waals surface area contributed by atoms with E-state index in [1.54, 1.807) is 0 Å². The molecular weight excluding hydrogens is 151 g/mol. The third-order valence-electron chi connectivity index (χ3n) is 0.212. The summed E-state index contributed by atoms with van der Waals surface area (Å²) in [6, 6.07) is 0. The Morgan fingerprint density at radius 2 is 2.17 bits per heavy atom. The molecule has 0 saturated carbocycles. The number of hydrogen-bond acceptors (Lipinski definition) is 3. The molecule has 2 N–H and O–H groups in total. The van der Waals surface area contributed by atoms with Crippen molar-refractivity contribution in [3.8, 4) is 0 Å². The van der Waals surface area contributed by atoms with Gasteiger partial charge in [0.1, 0.15) is 0 Å². The SMILES string of the molecule is OB(O)OCBr. The van der Waals surface area contributed by atoms with Crippen molar-refractivity contribution in [3.05, 3.63) is 0 Å². The molecule has 0 spiro atoms. The highest BCUT2D eigenvalue weighted by Gasteiger charge is 2.04. The molecule has 0 unspecified atom stereocenters. The molecule has 0 amide bonds. The van der Waals surface area contributed by atoms with Crippen LogP contribution in [0.25, 0.3) is 0 Å². The van der Waals surface area contributed by atoms with Gasteiger partial charge in [-0.1, -0.05) is 15.9 Å². The quantitative estimate of drug-likeness (QED) is 0.410. The first-order valence-corrected chi connectivity index (χ1v) is 2.43. The van der Waals surface area contributed by atoms with E-state index < -0.39 is 7.32 Å². The van der Waals surface area contributed by atoms with Crippen molar-refractivity contribution in [3.63, 3.8) is 0 Å². The molecule has 0 saturated heterocycles. The van der Waals surface area contributed by atoms with E-state index >= 15 is 0 Å². The summed E-state index contributed by atoms with van der Waals surface area (Å²) in [5.41, 5.74) is 0.144. The summed E-state index contributed by atoms with van der Waals surface area (Å²) in [6.07, 6.45) is 0. The molecule has 0 fully saturated rings. The summed E-state index contributed by atoms with van der Waals surface area (Å²) in [6.45, 7) is 0. The van der Waals surface area contributed by atoms with Gasteiger partial charge in [-0.3, -0.25) is 0 Å². The van der Waals surface area contributed by atoms with Crippen LogP contribution in [0.1, 0.15) is 0 Å². The Labute approximate surface area is 44.2 Å². The Kier molecular flexibility index (Phi) is 3.86. The van der Waals surface area contributed by atoms with Gasteiger partial charge in [-0.05, 0) is 0 Å². The summed E-state index contributed by atoms with van der Waals surface area (Å²) in [4.78, 5) is 0. The predicted molar refractivity (Wildman–Crippen MR) is 25.1 cm³/mol. The van der Waals surface area contributed by atoms with Crippen LogP contribution in [0.15, 0.2) is 0 Å². The summed E-state index contributed by atoms with van der Waals surface area (Å²) in [5, 5.41) is 15.7. The lowest BCUT2D eigenvalue weighted by Gasteiger charge is -1.90. The van der Waals surface area contributed by atoms with E-state index in [1.165, 1.54) is 0 Å². The fourth-order valence-electron chi connectivity index (χ4n) is 0.0563. The van der Waals surface area contributed by atoms with Crippen molar-refractivity contribution in [1.29, 1.82) is 0 Å². The van der Waals surface area contributed by atoms with E-state index in [0.29, 0.717) is 0 Å². The minimum atomic E-state index is -1.65. The maximum Gasteiger partial charge on any atom is 0.634 e. The molecule has 0 rings (SSSR count). The second kappa shape index (κ2) is 3.61. The van der Waals surface area contributed by atoms with Crippen molar-refractivity contribution in [2.75, 3.05) is 5.52 Å². The number of halogens is 1. The molecule has 0 aromatic carbocycles. The van der Waals surface area contributed by atoms with Crippen LogP contribution in [-0.2, 0) is 4.65 Å². The van der Waals surface area contributed by atoms with Crippen molar-refractivity contribution in [2.24, 2.45) is 0 Å². The summed E-state index contributed by atoms with van der Waals surface area (Å²) in [7, 11) is -1.65. The Hall–Kier alpha value is 0.425. The van der Waals surface area contributed by atoms with Gasteiger partial charge in [-0.25, -0.2) is 0 Å². The number of alkyl halides is 1. The maximum absolute atomic E-state index is 7.86. The fourth-order valence-corrected chi connectivity index (χ4v) is 0.293. The van der Waals surface area contributed by atoms with Crippen molar-refractivity contribution in [1.82, 2.24) is 0 Å². The number of rotatable bonds is 2. The van der Waals surface area contributed by atoms with Crippen LogP contribution in [0.5, 0.6) is 0 Å². The first kappa shape index (κ1) is 6.42. The third-order valence-corrected chi connectivity index (χ3v) is 0.476. The molecule has 0 atom stereocenters. The molecule has 3 nitrogen and oxygen atoms in total. The van der Waals surface area contributed by atoms with Gasteiger partial charge >= 0.3 is 7.32 Å². The van der Waals surface area contributed by atoms with Gasteiger partial charge in [0.2, 0.25) is 0 Å². The molecule has 0 heterocycles. The van der Waals surface area contributed by atoms with Gasteiger partial charge in [0.05, 0.1) is 5.52 Å². The monoisotopic (exact) mass is 154 g/mol. The van der Waals surface area contributed by atoms with Crippen LogP contribution in [-0.4, -0.2) is 22.9 Å². The standard InChI is InChI=1S/CH4BBrO3/c3-1-6-2(4)5/h4-5H,1H2. The summed E-state index contributed by atoms with van der Waals surface area (Å²) >= 11 is 2.81. The second-order valence-electron chi connectivity index (χ2n) is 0.602. The molecule has 0 aromatic rings. The zero-order valence-corrected chi connectivity index (χ0v) is 4.55. The van der Waals surface area contributed by atoms with Gasteiger partial charge in [-0.2, -0.15) is 0 Å². The van der Waals surface area contributed by atoms with Crippen LogP contribution in [0.3, 0.4) is 0 Å². The topological polar surface area (TPSA) is 49.7 Å². The smallest absolute Gasteiger partial charge is 0.402 e. The van der Waals surface area contributed by atoms with Crippen LogP contribution < -0.4 is 0 Å². The van der Waals surface area contributed by atoms with E-state index in [1.807, 2.05) is 0 Å². The van der Waals surface area contributed by atoms with Gasteiger partial charge < -0.3 is 14.7 Å². The van der Waals surface area contributed by atoms with E-state index in [9.17, 15) is 0 Å². The van der Waals surface area contributed by atoms with Crippen molar-refractivity contribution < 1.29 is 14.7 Å². The first-order valence-electron chi connectivity index (χ1n) is 1.31. The Balaban J connectivity index is 2.63. The predicted octanol–water partition coefficient (Wildman–Crippen LogP) is -0.675. The molecule has 6 heavy (non-hydrogen) atoms. The zero-order valence-electron chi connectivity index (χ0n) is 2.97. The minimum Gasteiger partial charge on any atom is -0.402 e. The third kappa shape index (κ3) is 4.42. The Morgan fingerprint density at radius 3 is 2.17 bits per heavy atom. The van der Waals surface area contributed by atoms with Gasteiger partial charge in [0, 0.05) is 0 Å². The largest absolute Gasteiger partial charge is 0.634 e. The molecule has 0 radical (unpaired) electrons. The first-order chi connectivity index (χ1) is 2.77. The zero-order chi connectivity index (χ0) is 4.99. The van der Waals surface area contributed by atoms with Gasteiger partial charge in [0.25, 0.3) is 0 Å². The molecule has 0 aliphatic rings. The summed E-state index contributed by atoms with van der Waals surface area (Å²) in [5.74, 6) is 0. The van der Waals surface area contributed by atoms with Gasteiger partial charge in [-0.15, -0.1) is 0 Å². The van der Waals surface area contributed by atoms with E-state index in [4.69, 9.17) is 10.0 Å². The van der Waals surface area contributed by atoms with Gasteiger partial charge in [0.15, 0.2) is 0 Å². The lowest BCUT2D eigenvalue weighted by Crippen LogP contribution is -2.14. The van der Waals surface area contributed by atoms with Crippen LogP contribution >= 0.6 is 15.9 Å². The highest BCUT2D eigenvalue weighted by molar-refractivity contribution is 9.09. The molecule has 5 heteroatoms. The van der Waals surface area contributed by atoms with Crippen molar-refractivity contribution in [2.45, 2.75) is 0 Å². The van der Waals surface area contributed by atoms with Crippen molar-refractivity contribution >= 4 is 23.3 Å². The molecule has 0 aliphatic carbocycles.